The molecule has 0 amide bonds. The van der Waals surface area contributed by atoms with Crippen LogP contribution in [0.4, 0.5) is 0 Å². The lowest BCUT2D eigenvalue weighted by molar-refractivity contribution is -0.143. The molecule has 0 aromatic rings. The number of sulfone groups is 1. The number of nitrogens with one attached hydrogen (secondary N) is 1. The van der Waals surface area contributed by atoms with Gasteiger partial charge in [0.05, 0.1) is 18.6 Å². The molecule has 2 atom stereocenters. The van der Waals surface area contributed by atoms with E-state index in [1.165, 1.54) is 7.11 Å². The van der Waals surface area contributed by atoms with E-state index in [9.17, 15) is 13.2 Å². The minimum Gasteiger partial charge on any atom is -0.468 e. The van der Waals surface area contributed by atoms with E-state index in [0.717, 1.165) is 0 Å². The number of rotatable bonds is 5. The van der Waals surface area contributed by atoms with Crippen molar-refractivity contribution in [2.45, 2.75) is 38.8 Å². The van der Waals surface area contributed by atoms with Crippen molar-refractivity contribution in [3.05, 3.63) is 0 Å². The Labute approximate surface area is 103 Å². The summed E-state index contributed by atoms with van der Waals surface area (Å²) in [6, 6.07) is -0.527. The minimum atomic E-state index is -2.92. The second-order valence-corrected chi connectivity index (χ2v) is 7.20. The lowest BCUT2D eigenvalue weighted by Gasteiger charge is -2.21. The first-order valence-corrected chi connectivity index (χ1v) is 7.70. The first-order valence-electron chi connectivity index (χ1n) is 5.88. The Morgan fingerprint density at radius 2 is 2.12 bits per heavy atom. The maximum Gasteiger partial charge on any atom is 0.322 e. The van der Waals surface area contributed by atoms with Gasteiger partial charge in [0.25, 0.3) is 0 Å². The van der Waals surface area contributed by atoms with Crippen molar-refractivity contribution in [3.63, 3.8) is 0 Å². The van der Waals surface area contributed by atoms with Crippen molar-refractivity contribution in [3.8, 4) is 0 Å². The Balaban J connectivity index is 2.58. The fraction of sp³-hybridized carbons (Fsp3) is 0.909. The molecule has 0 spiro atoms. The maximum absolute atomic E-state index is 11.6. The van der Waals surface area contributed by atoms with Gasteiger partial charge in [-0.1, -0.05) is 13.8 Å². The van der Waals surface area contributed by atoms with Gasteiger partial charge in [-0.3, -0.25) is 4.79 Å². The minimum absolute atomic E-state index is 0.122. The highest BCUT2D eigenvalue weighted by Gasteiger charge is 2.31. The quantitative estimate of drug-likeness (QED) is 0.725. The average Bonchev–Trinajstić information content (AvgIpc) is 2.55. The van der Waals surface area contributed by atoms with Crippen LogP contribution in [0.25, 0.3) is 0 Å². The molecule has 1 saturated heterocycles. The van der Waals surface area contributed by atoms with E-state index in [4.69, 9.17) is 4.74 Å². The Morgan fingerprint density at radius 1 is 1.47 bits per heavy atom. The van der Waals surface area contributed by atoms with Crippen LogP contribution >= 0.6 is 0 Å². The summed E-state index contributed by atoms with van der Waals surface area (Å²) in [5, 5.41) is 3.10. The second-order valence-electron chi connectivity index (χ2n) is 4.97. The molecule has 1 aliphatic rings. The first kappa shape index (κ1) is 14.4. The molecule has 1 N–H and O–H groups in total. The molecule has 17 heavy (non-hydrogen) atoms. The van der Waals surface area contributed by atoms with Crippen molar-refractivity contribution in [2.24, 2.45) is 5.92 Å². The maximum atomic E-state index is 11.6. The molecule has 100 valence electrons. The molecule has 0 bridgehead atoms. The van der Waals surface area contributed by atoms with Crippen LogP contribution in [0, 0.1) is 5.92 Å². The van der Waals surface area contributed by atoms with E-state index >= 15 is 0 Å². The molecule has 0 aromatic carbocycles. The van der Waals surface area contributed by atoms with E-state index in [2.05, 4.69) is 5.32 Å². The molecule has 6 heteroatoms. The predicted molar refractivity (Wildman–Crippen MR) is 65.5 cm³/mol. The fourth-order valence-corrected chi connectivity index (χ4v) is 3.74. The summed E-state index contributed by atoms with van der Waals surface area (Å²) in [6.45, 7) is 4.03. The van der Waals surface area contributed by atoms with E-state index < -0.39 is 15.9 Å². The Morgan fingerprint density at radius 3 is 2.53 bits per heavy atom. The number of hydrogen-bond donors (Lipinski definition) is 1. The van der Waals surface area contributed by atoms with Crippen LogP contribution in [0.15, 0.2) is 0 Å². The Kier molecular flexibility index (Phi) is 4.94. The summed E-state index contributed by atoms with van der Waals surface area (Å²) in [7, 11) is -1.57. The van der Waals surface area contributed by atoms with Crippen molar-refractivity contribution in [2.75, 3.05) is 18.6 Å². The summed E-state index contributed by atoms with van der Waals surface area (Å²) in [5.74, 6) is 0.367. The summed E-state index contributed by atoms with van der Waals surface area (Å²) < 4.78 is 27.4. The van der Waals surface area contributed by atoms with Gasteiger partial charge in [-0.05, 0) is 18.8 Å². The zero-order chi connectivity index (χ0) is 13.1. The molecule has 5 nitrogen and oxygen atoms in total. The summed E-state index contributed by atoms with van der Waals surface area (Å²) in [5.41, 5.74) is 0. The van der Waals surface area contributed by atoms with Gasteiger partial charge < -0.3 is 10.1 Å². The van der Waals surface area contributed by atoms with E-state index in [-0.39, 0.29) is 23.5 Å². The standard InChI is InChI=1S/C11H21NO4S/c1-8(2)6-10(11(13)16-3)12-9-4-5-17(14,15)7-9/h8-10,12H,4-7H2,1-3H3. The molecule has 2 unspecified atom stereocenters. The van der Waals surface area contributed by atoms with Gasteiger partial charge in [0.15, 0.2) is 9.84 Å². The molecule has 1 heterocycles. The average molecular weight is 263 g/mol. The summed E-state index contributed by atoms with van der Waals surface area (Å²) in [4.78, 5) is 11.6. The number of carbonyl (C=O) groups is 1. The largest absolute Gasteiger partial charge is 0.468 e. The van der Waals surface area contributed by atoms with Crippen LogP contribution in [-0.2, 0) is 19.4 Å². The van der Waals surface area contributed by atoms with Crippen molar-refractivity contribution >= 4 is 15.8 Å². The topological polar surface area (TPSA) is 72.5 Å². The fourth-order valence-electron chi connectivity index (χ4n) is 2.06. The number of carbonyl (C=O) groups excluding carboxylic acids is 1. The lowest BCUT2D eigenvalue weighted by atomic mass is 10.0. The van der Waals surface area contributed by atoms with Gasteiger partial charge in [0, 0.05) is 6.04 Å². The third kappa shape index (κ3) is 4.63. The molecule has 0 aliphatic carbocycles. The van der Waals surface area contributed by atoms with Crippen LogP contribution in [0.3, 0.4) is 0 Å². The zero-order valence-electron chi connectivity index (χ0n) is 10.6. The molecule has 0 aromatic heterocycles. The van der Waals surface area contributed by atoms with Gasteiger partial charge in [-0.25, -0.2) is 8.42 Å². The molecule has 1 fully saturated rings. The van der Waals surface area contributed by atoms with Crippen LogP contribution in [0.2, 0.25) is 0 Å². The number of esters is 1. The molecule has 1 rings (SSSR count). The van der Waals surface area contributed by atoms with Crippen LogP contribution in [0.5, 0.6) is 0 Å². The van der Waals surface area contributed by atoms with Gasteiger partial charge in [0.2, 0.25) is 0 Å². The van der Waals surface area contributed by atoms with E-state index in [1.807, 2.05) is 13.8 Å². The highest BCUT2D eigenvalue weighted by Crippen LogP contribution is 2.14. The SMILES string of the molecule is COC(=O)C(CC(C)C)NC1CCS(=O)(=O)C1. The van der Waals surface area contributed by atoms with Gasteiger partial charge in [-0.2, -0.15) is 0 Å². The van der Waals surface area contributed by atoms with Crippen LogP contribution in [0.1, 0.15) is 26.7 Å². The van der Waals surface area contributed by atoms with Crippen LogP contribution < -0.4 is 5.32 Å². The highest BCUT2D eigenvalue weighted by molar-refractivity contribution is 7.91. The molecule has 1 aliphatic heterocycles. The summed E-state index contributed by atoms with van der Waals surface area (Å²) in [6.07, 6.45) is 1.23. The summed E-state index contributed by atoms with van der Waals surface area (Å²) >= 11 is 0. The van der Waals surface area contributed by atoms with Crippen molar-refractivity contribution in [1.82, 2.24) is 5.32 Å². The normalized spacial score (nSPS) is 24.8. The van der Waals surface area contributed by atoms with E-state index in [0.29, 0.717) is 18.8 Å². The third-order valence-electron chi connectivity index (χ3n) is 2.86. The van der Waals surface area contributed by atoms with Gasteiger partial charge in [0.1, 0.15) is 6.04 Å². The monoisotopic (exact) mass is 263 g/mol. The molecule has 0 radical (unpaired) electrons. The highest BCUT2D eigenvalue weighted by atomic mass is 32.2. The van der Waals surface area contributed by atoms with Crippen molar-refractivity contribution < 1.29 is 17.9 Å². The third-order valence-corrected chi connectivity index (χ3v) is 4.63. The molecular weight excluding hydrogens is 242 g/mol. The second kappa shape index (κ2) is 5.82. The van der Waals surface area contributed by atoms with Crippen LogP contribution in [-0.4, -0.2) is 45.1 Å². The zero-order valence-corrected chi connectivity index (χ0v) is 11.4. The Hall–Kier alpha value is -0.620. The predicted octanol–water partition coefficient (Wildman–Crippen LogP) is 0.351. The van der Waals surface area contributed by atoms with Gasteiger partial charge >= 0.3 is 5.97 Å². The van der Waals surface area contributed by atoms with Gasteiger partial charge in [-0.15, -0.1) is 0 Å². The van der Waals surface area contributed by atoms with Crippen molar-refractivity contribution in [1.29, 1.82) is 0 Å². The lowest BCUT2D eigenvalue weighted by Crippen LogP contribution is -2.45. The first-order chi connectivity index (χ1) is 7.84. The smallest absolute Gasteiger partial charge is 0.322 e. The number of ether oxygens (including phenoxy) is 1. The molecule has 0 saturated carbocycles. The number of hydrogen-bond acceptors (Lipinski definition) is 5. The van der Waals surface area contributed by atoms with E-state index in [1.54, 1.807) is 0 Å². The molecular formula is C11H21NO4S. The Bertz CT molecular complexity index is 364. The number of methoxy groups -OCH3 is 1.